The van der Waals surface area contributed by atoms with E-state index in [0.29, 0.717) is 0 Å². The van der Waals surface area contributed by atoms with E-state index >= 15 is 0 Å². The van der Waals surface area contributed by atoms with Gasteiger partial charge in [0.15, 0.2) is 0 Å². The van der Waals surface area contributed by atoms with Crippen LogP contribution in [0, 0.1) is 0 Å². The molecule has 0 aliphatic carbocycles. The average molecular weight is 156 g/mol. The fraction of sp³-hybridized carbons (Fsp3) is 0. The van der Waals surface area contributed by atoms with E-state index in [1.807, 2.05) is 12.1 Å². The second-order valence-corrected chi connectivity index (χ2v) is 1.81. The molecule has 0 aliphatic rings. The second-order valence-electron chi connectivity index (χ2n) is 1.81. The van der Waals surface area contributed by atoms with Crippen molar-refractivity contribution in [1.29, 1.82) is 0 Å². The standard InChI is InChI=1S/C6H5N3.ClH/c1-2-5-6(7-3-1)4-8-9-5;/h1-4H,(H,8,9);1H. The van der Waals surface area contributed by atoms with Crippen molar-refractivity contribution in [3.8, 4) is 0 Å². The van der Waals surface area contributed by atoms with E-state index in [2.05, 4.69) is 15.2 Å². The molecule has 52 valence electrons. The van der Waals surface area contributed by atoms with Crippen LogP contribution in [0.1, 0.15) is 0 Å². The van der Waals surface area contributed by atoms with Gasteiger partial charge in [-0.15, -0.1) is 12.4 Å². The van der Waals surface area contributed by atoms with Gasteiger partial charge >= 0.3 is 0 Å². The van der Waals surface area contributed by atoms with E-state index < -0.39 is 0 Å². The molecule has 0 amide bonds. The predicted octanol–water partition coefficient (Wildman–Crippen LogP) is 1.38. The Hall–Kier alpha value is -1.09. The number of aromatic amines is 1. The van der Waals surface area contributed by atoms with Gasteiger partial charge in [0.2, 0.25) is 0 Å². The van der Waals surface area contributed by atoms with Crippen LogP contribution in [0.4, 0.5) is 0 Å². The molecule has 3 nitrogen and oxygen atoms in total. The molecule has 2 aromatic heterocycles. The van der Waals surface area contributed by atoms with Crippen molar-refractivity contribution in [3.63, 3.8) is 0 Å². The molecule has 2 rings (SSSR count). The van der Waals surface area contributed by atoms with Crippen molar-refractivity contribution in [3.05, 3.63) is 24.5 Å². The number of hydrogen-bond donors (Lipinski definition) is 1. The number of fused-ring (bicyclic) bond motifs is 1. The van der Waals surface area contributed by atoms with E-state index in [1.54, 1.807) is 12.4 Å². The third kappa shape index (κ3) is 0.953. The summed E-state index contributed by atoms with van der Waals surface area (Å²) in [6.07, 6.45) is 3.45. The Bertz CT molecular complexity index is 287. The molecular formula is C6H6ClN3. The maximum absolute atomic E-state index is 4.05. The molecule has 0 saturated heterocycles. The van der Waals surface area contributed by atoms with Crippen LogP contribution in [0.2, 0.25) is 0 Å². The van der Waals surface area contributed by atoms with E-state index in [4.69, 9.17) is 0 Å². The summed E-state index contributed by atoms with van der Waals surface area (Å²) in [5.74, 6) is 0. The zero-order chi connectivity index (χ0) is 6.10. The molecule has 0 bridgehead atoms. The van der Waals surface area contributed by atoms with Gasteiger partial charge in [0.25, 0.3) is 0 Å². The van der Waals surface area contributed by atoms with Crippen LogP contribution in [0.25, 0.3) is 11.0 Å². The maximum atomic E-state index is 4.05. The Kier molecular flexibility index (Phi) is 1.87. The molecule has 0 spiro atoms. The normalized spacial score (nSPS) is 9.20. The molecule has 0 aromatic carbocycles. The summed E-state index contributed by atoms with van der Waals surface area (Å²) in [7, 11) is 0. The van der Waals surface area contributed by atoms with E-state index in [9.17, 15) is 0 Å². The van der Waals surface area contributed by atoms with Crippen LogP contribution in [-0.2, 0) is 0 Å². The number of hydrogen-bond acceptors (Lipinski definition) is 2. The Morgan fingerprint density at radius 1 is 1.40 bits per heavy atom. The zero-order valence-electron chi connectivity index (χ0n) is 5.11. The molecule has 0 unspecified atom stereocenters. The molecule has 1 N–H and O–H groups in total. The first-order valence-electron chi connectivity index (χ1n) is 2.71. The van der Waals surface area contributed by atoms with Crippen LogP contribution in [0.5, 0.6) is 0 Å². The lowest BCUT2D eigenvalue weighted by molar-refractivity contribution is 1.12. The molecular weight excluding hydrogens is 150 g/mol. The highest BCUT2D eigenvalue weighted by atomic mass is 35.5. The maximum Gasteiger partial charge on any atom is 0.108 e. The van der Waals surface area contributed by atoms with Crippen molar-refractivity contribution in [1.82, 2.24) is 15.2 Å². The van der Waals surface area contributed by atoms with E-state index in [-0.39, 0.29) is 12.4 Å². The first-order valence-corrected chi connectivity index (χ1v) is 2.71. The minimum atomic E-state index is 0. The van der Waals surface area contributed by atoms with Gasteiger partial charge < -0.3 is 0 Å². The van der Waals surface area contributed by atoms with Gasteiger partial charge in [0.05, 0.1) is 11.7 Å². The predicted molar refractivity (Wildman–Crippen MR) is 41.1 cm³/mol. The van der Waals surface area contributed by atoms with E-state index in [0.717, 1.165) is 11.0 Å². The number of nitrogens with one attached hydrogen (secondary N) is 1. The number of rotatable bonds is 0. The Morgan fingerprint density at radius 3 is 3.10 bits per heavy atom. The fourth-order valence-electron chi connectivity index (χ4n) is 0.778. The molecule has 0 fully saturated rings. The van der Waals surface area contributed by atoms with Crippen LogP contribution >= 0.6 is 12.4 Å². The highest BCUT2D eigenvalue weighted by Gasteiger charge is 1.89. The zero-order valence-corrected chi connectivity index (χ0v) is 5.93. The highest BCUT2D eigenvalue weighted by Crippen LogP contribution is 2.02. The van der Waals surface area contributed by atoms with Gasteiger partial charge in [-0.2, -0.15) is 5.10 Å². The molecule has 2 aromatic rings. The molecule has 4 heteroatoms. The van der Waals surface area contributed by atoms with Crippen molar-refractivity contribution in [2.45, 2.75) is 0 Å². The van der Waals surface area contributed by atoms with Crippen molar-refractivity contribution in [2.24, 2.45) is 0 Å². The van der Waals surface area contributed by atoms with Gasteiger partial charge in [0, 0.05) is 6.20 Å². The number of pyridine rings is 1. The van der Waals surface area contributed by atoms with Gasteiger partial charge in [-0.1, -0.05) is 0 Å². The number of aromatic nitrogens is 3. The van der Waals surface area contributed by atoms with Crippen LogP contribution < -0.4 is 0 Å². The van der Waals surface area contributed by atoms with E-state index in [1.165, 1.54) is 0 Å². The lowest BCUT2D eigenvalue weighted by Gasteiger charge is -1.80. The summed E-state index contributed by atoms with van der Waals surface area (Å²) >= 11 is 0. The number of halogens is 1. The number of H-pyrrole nitrogens is 1. The second kappa shape index (κ2) is 2.66. The largest absolute Gasteiger partial charge is 0.276 e. The molecule has 10 heavy (non-hydrogen) atoms. The van der Waals surface area contributed by atoms with Gasteiger partial charge in [-0.25, -0.2) is 0 Å². The summed E-state index contributed by atoms with van der Waals surface area (Å²) < 4.78 is 0. The SMILES string of the molecule is Cl.c1cnc2cn[nH]c2c1. The summed E-state index contributed by atoms with van der Waals surface area (Å²) in [5.41, 5.74) is 1.90. The first-order chi connectivity index (χ1) is 4.47. The summed E-state index contributed by atoms with van der Waals surface area (Å²) in [5, 5.41) is 6.62. The summed E-state index contributed by atoms with van der Waals surface area (Å²) in [4.78, 5) is 4.05. The number of nitrogens with zero attached hydrogens (tertiary/aromatic N) is 2. The fourth-order valence-corrected chi connectivity index (χ4v) is 0.778. The van der Waals surface area contributed by atoms with Crippen LogP contribution in [-0.4, -0.2) is 15.2 Å². The van der Waals surface area contributed by atoms with Crippen molar-refractivity contribution in [2.75, 3.05) is 0 Å². The lowest BCUT2D eigenvalue weighted by Crippen LogP contribution is -1.69. The first kappa shape index (κ1) is 7.02. The molecule has 0 radical (unpaired) electrons. The lowest BCUT2D eigenvalue weighted by atomic mass is 10.4. The molecule has 0 aliphatic heterocycles. The Labute approximate surface area is 63.9 Å². The minimum Gasteiger partial charge on any atom is -0.276 e. The monoisotopic (exact) mass is 155 g/mol. The van der Waals surface area contributed by atoms with Crippen LogP contribution in [0.3, 0.4) is 0 Å². The van der Waals surface area contributed by atoms with Gasteiger partial charge in [0.1, 0.15) is 5.52 Å². The summed E-state index contributed by atoms with van der Waals surface area (Å²) in [6.45, 7) is 0. The molecule has 0 saturated carbocycles. The molecule has 0 atom stereocenters. The minimum absolute atomic E-state index is 0. The third-order valence-corrected chi connectivity index (χ3v) is 1.21. The highest BCUT2D eigenvalue weighted by molar-refractivity contribution is 5.85. The van der Waals surface area contributed by atoms with Crippen LogP contribution in [0.15, 0.2) is 24.5 Å². The molecule has 2 heterocycles. The Balaban J connectivity index is 0.000000500. The summed E-state index contributed by atoms with van der Waals surface area (Å²) in [6, 6.07) is 3.82. The third-order valence-electron chi connectivity index (χ3n) is 1.21. The quantitative estimate of drug-likeness (QED) is 0.625. The van der Waals surface area contributed by atoms with Crippen molar-refractivity contribution < 1.29 is 0 Å². The topological polar surface area (TPSA) is 41.6 Å². The smallest absolute Gasteiger partial charge is 0.108 e. The average Bonchev–Trinajstić information content (AvgIpc) is 2.33. The van der Waals surface area contributed by atoms with Gasteiger partial charge in [-0.3, -0.25) is 10.1 Å². The van der Waals surface area contributed by atoms with Crippen molar-refractivity contribution >= 4 is 23.4 Å². The Morgan fingerprint density at radius 2 is 2.30 bits per heavy atom. The van der Waals surface area contributed by atoms with Gasteiger partial charge in [-0.05, 0) is 12.1 Å².